The van der Waals surface area contributed by atoms with Crippen molar-refractivity contribution >= 4 is 5.69 Å². The Labute approximate surface area is 97.8 Å². The number of rotatable bonds is 3. The molecular formula is C12H14F3NO. The van der Waals surface area contributed by atoms with E-state index < -0.39 is 17.5 Å². The molecule has 0 aromatic heterocycles. The van der Waals surface area contributed by atoms with Crippen LogP contribution in [-0.2, 0) is 4.74 Å². The van der Waals surface area contributed by atoms with E-state index in [4.69, 9.17) is 4.74 Å². The fourth-order valence-corrected chi connectivity index (χ4v) is 1.89. The van der Waals surface area contributed by atoms with Crippen LogP contribution in [-0.4, -0.2) is 19.8 Å². The predicted molar refractivity (Wildman–Crippen MR) is 58.3 cm³/mol. The highest BCUT2D eigenvalue weighted by Gasteiger charge is 2.15. The summed E-state index contributed by atoms with van der Waals surface area (Å²) in [6.45, 7) is 2.00. The van der Waals surface area contributed by atoms with E-state index in [9.17, 15) is 13.2 Å². The highest BCUT2D eigenvalue weighted by atomic mass is 19.2. The van der Waals surface area contributed by atoms with Crippen LogP contribution in [0.2, 0.25) is 0 Å². The zero-order valence-corrected chi connectivity index (χ0v) is 9.31. The van der Waals surface area contributed by atoms with Crippen molar-refractivity contribution in [2.75, 3.05) is 25.1 Å². The maximum Gasteiger partial charge on any atom is 0.194 e. The van der Waals surface area contributed by atoms with Gasteiger partial charge >= 0.3 is 0 Å². The molecule has 5 heteroatoms. The van der Waals surface area contributed by atoms with E-state index in [1.807, 2.05) is 0 Å². The van der Waals surface area contributed by atoms with Gasteiger partial charge in [-0.05, 0) is 18.8 Å². The topological polar surface area (TPSA) is 21.3 Å². The van der Waals surface area contributed by atoms with Crippen molar-refractivity contribution in [3.63, 3.8) is 0 Å². The summed E-state index contributed by atoms with van der Waals surface area (Å²) in [6.07, 6.45) is 2.03. The number of ether oxygens (including phenoxy) is 1. The van der Waals surface area contributed by atoms with Gasteiger partial charge in [0.2, 0.25) is 0 Å². The van der Waals surface area contributed by atoms with Gasteiger partial charge in [-0.15, -0.1) is 0 Å². The molecule has 1 saturated heterocycles. The van der Waals surface area contributed by atoms with E-state index in [0.29, 0.717) is 19.1 Å². The molecule has 0 bridgehead atoms. The molecule has 1 aromatic carbocycles. The van der Waals surface area contributed by atoms with E-state index in [1.165, 1.54) is 0 Å². The average molecular weight is 245 g/mol. The van der Waals surface area contributed by atoms with Crippen molar-refractivity contribution in [1.29, 1.82) is 0 Å². The van der Waals surface area contributed by atoms with Gasteiger partial charge in [-0.2, -0.15) is 0 Å². The van der Waals surface area contributed by atoms with Crippen LogP contribution in [0.25, 0.3) is 0 Å². The summed E-state index contributed by atoms with van der Waals surface area (Å²) < 4.78 is 43.8. The fourth-order valence-electron chi connectivity index (χ4n) is 1.89. The molecule has 0 spiro atoms. The predicted octanol–water partition coefficient (Wildman–Crippen LogP) is 2.94. The van der Waals surface area contributed by atoms with E-state index in [1.54, 1.807) is 0 Å². The largest absolute Gasteiger partial charge is 0.385 e. The molecular weight excluding hydrogens is 231 g/mol. The van der Waals surface area contributed by atoms with Crippen molar-refractivity contribution in [2.45, 2.75) is 12.8 Å². The van der Waals surface area contributed by atoms with Gasteiger partial charge in [-0.3, -0.25) is 0 Å². The zero-order valence-electron chi connectivity index (χ0n) is 9.31. The third-order valence-corrected chi connectivity index (χ3v) is 2.83. The van der Waals surface area contributed by atoms with E-state index in [-0.39, 0.29) is 5.69 Å². The number of halogens is 3. The van der Waals surface area contributed by atoms with Crippen molar-refractivity contribution in [3.05, 3.63) is 29.6 Å². The third kappa shape index (κ3) is 3.12. The Bertz CT molecular complexity index is 368. The number of anilines is 1. The van der Waals surface area contributed by atoms with Gasteiger partial charge in [-0.25, -0.2) is 13.2 Å². The van der Waals surface area contributed by atoms with Crippen molar-refractivity contribution in [3.8, 4) is 0 Å². The third-order valence-electron chi connectivity index (χ3n) is 2.83. The summed E-state index contributed by atoms with van der Waals surface area (Å²) in [4.78, 5) is 0. The van der Waals surface area contributed by atoms with Gasteiger partial charge in [0.25, 0.3) is 0 Å². The first-order valence-electron chi connectivity index (χ1n) is 5.63. The normalized spacial score (nSPS) is 20.3. The van der Waals surface area contributed by atoms with Gasteiger partial charge in [0.05, 0.1) is 6.61 Å². The molecule has 1 aliphatic rings. The Morgan fingerprint density at radius 1 is 1.24 bits per heavy atom. The first-order valence-corrected chi connectivity index (χ1v) is 5.63. The highest BCUT2D eigenvalue weighted by molar-refractivity contribution is 5.44. The van der Waals surface area contributed by atoms with E-state index >= 15 is 0 Å². The first kappa shape index (κ1) is 12.2. The summed E-state index contributed by atoms with van der Waals surface area (Å²) in [5.74, 6) is -3.45. The smallest absolute Gasteiger partial charge is 0.194 e. The molecule has 1 N–H and O–H groups in total. The van der Waals surface area contributed by atoms with E-state index in [0.717, 1.165) is 31.6 Å². The Kier molecular flexibility index (Phi) is 3.89. The minimum Gasteiger partial charge on any atom is -0.385 e. The summed E-state index contributed by atoms with van der Waals surface area (Å²) in [5.41, 5.74) is 0.256. The molecule has 1 heterocycles. The molecule has 1 fully saturated rings. The summed E-state index contributed by atoms with van der Waals surface area (Å²) in [5, 5.41) is 2.90. The molecule has 0 amide bonds. The fraction of sp³-hybridized carbons (Fsp3) is 0.500. The lowest BCUT2D eigenvalue weighted by Crippen LogP contribution is -2.24. The number of hydrogen-bond acceptors (Lipinski definition) is 2. The van der Waals surface area contributed by atoms with Gasteiger partial charge in [0, 0.05) is 31.0 Å². The second-order valence-corrected chi connectivity index (χ2v) is 4.22. The number of benzene rings is 1. The molecule has 0 saturated carbocycles. The summed E-state index contributed by atoms with van der Waals surface area (Å²) in [7, 11) is 0. The monoisotopic (exact) mass is 245 g/mol. The second-order valence-electron chi connectivity index (χ2n) is 4.22. The van der Waals surface area contributed by atoms with Crippen LogP contribution in [0.15, 0.2) is 12.1 Å². The van der Waals surface area contributed by atoms with Gasteiger partial charge < -0.3 is 10.1 Å². The zero-order chi connectivity index (χ0) is 12.3. The summed E-state index contributed by atoms with van der Waals surface area (Å²) >= 11 is 0. The molecule has 2 nitrogen and oxygen atoms in total. The first-order chi connectivity index (χ1) is 8.16. The lowest BCUT2D eigenvalue weighted by Gasteiger charge is -2.22. The van der Waals surface area contributed by atoms with Crippen LogP contribution < -0.4 is 5.32 Å². The Morgan fingerprint density at radius 3 is 2.53 bits per heavy atom. The SMILES string of the molecule is Fc1cc(NCC2CCCOC2)cc(F)c1F. The minimum atomic E-state index is -1.43. The molecule has 1 unspecified atom stereocenters. The Hall–Kier alpha value is -1.23. The van der Waals surface area contributed by atoms with Gasteiger partial charge in [0.1, 0.15) is 0 Å². The Morgan fingerprint density at radius 2 is 1.94 bits per heavy atom. The lowest BCUT2D eigenvalue weighted by atomic mass is 10.0. The number of hydrogen-bond donors (Lipinski definition) is 1. The molecule has 1 atom stereocenters. The molecule has 94 valence electrons. The minimum absolute atomic E-state index is 0.256. The molecule has 2 rings (SSSR count). The molecule has 1 aliphatic heterocycles. The van der Waals surface area contributed by atoms with E-state index in [2.05, 4.69) is 5.32 Å². The van der Waals surface area contributed by atoms with Crippen molar-refractivity contribution < 1.29 is 17.9 Å². The second kappa shape index (κ2) is 5.40. The quantitative estimate of drug-likeness (QED) is 0.827. The van der Waals surface area contributed by atoms with Crippen molar-refractivity contribution in [2.24, 2.45) is 5.92 Å². The van der Waals surface area contributed by atoms with Crippen LogP contribution in [0.3, 0.4) is 0 Å². The Balaban J connectivity index is 1.94. The van der Waals surface area contributed by atoms with Crippen molar-refractivity contribution in [1.82, 2.24) is 0 Å². The molecule has 0 radical (unpaired) electrons. The maximum atomic E-state index is 12.9. The van der Waals surface area contributed by atoms with Crippen LogP contribution in [0.4, 0.5) is 18.9 Å². The molecule has 0 aliphatic carbocycles. The van der Waals surface area contributed by atoms with Crippen LogP contribution in [0.5, 0.6) is 0 Å². The average Bonchev–Trinajstić information content (AvgIpc) is 2.34. The van der Waals surface area contributed by atoms with Crippen LogP contribution in [0.1, 0.15) is 12.8 Å². The molecule has 1 aromatic rings. The standard InChI is InChI=1S/C12H14F3NO/c13-10-4-9(5-11(14)12(10)15)16-6-8-2-1-3-17-7-8/h4-5,8,16H,1-3,6-7H2. The highest BCUT2D eigenvalue weighted by Crippen LogP contribution is 2.19. The van der Waals surface area contributed by atoms with Gasteiger partial charge in [0.15, 0.2) is 17.5 Å². The van der Waals surface area contributed by atoms with Gasteiger partial charge in [-0.1, -0.05) is 0 Å². The molecule has 17 heavy (non-hydrogen) atoms. The lowest BCUT2D eigenvalue weighted by molar-refractivity contribution is 0.0595. The summed E-state index contributed by atoms with van der Waals surface area (Å²) in [6, 6.07) is 1.92. The maximum absolute atomic E-state index is 12.9. The number of nitrogens with one attached hydrogen (secondary N) is 1. The van der Waals surface area contributed by atoms with Crippen LogP contribution >= 0.6 is 0 Å². The van der Waals surface area contributed by atoms with Crippen LogP contribution in [0, 0.1) is 23.4 Å².